The number of benzene rings is 1. The molecule has 2 saturated heterocycles. The van der Waals surface area contributed by atoms with Gasteiger partial charge in [0.2, 0.25) is 5.91 Å². The fourth-order valence-corrected chi connectivity index (χ4v) is 6.35. The Morgan fingerprint density at radius 2 is 1.48 bits per heavy atom. The number of carbonyl (C=O) groups is 1. The van der Waals surface area contributed by atoms with Crippen LogP contribution in [0.15, 0.2) is 35.3 Å². The summed E-state index contributed by atoms with van der Waals surface area (Å²) >= 11 is 0. The lowest BCUT2D eigenvalue weighted by molar-refractivity contribution is -0.129. The van der Waals surface area contributed by atoms with Crippen LogP contribution in [-0.4, -0.2) is 41.8 Å². The van der Waals surface area contributed by atoms with Crippen LogP contribution in [0.5, 0.6) is 0 Å². The Kier molecular flexibility index (Phi) is 5.47. The quantitative estimate of drug-likeness (QED) is 0.709. The molecule has 1 amide bonds. The molecule has 4 heteroatoms. The zero-order valence-corrected chi connectivity index (χ0v) is 17.7. The third-order valence-electron chi connectivity index (χ3n) is 7.78. The highest BCUT2D eigenvalue weighted by Gasteiger charge is 2.60. The van der Waals surface area contributed by atoms with Crippen LogP contribution in [0.4, 0.5) is 5.69 Å². The number of carbonyl (C=O) groups excluding carboxylic acids is 1. The van der Waals surface area contributed by atoms with Crippen molar-refractivity contribution in [3.05, 3.63) is 30.3 Å². The Labute approximate surface area is 175 Å². The molecule has 5 rings (SSSR count). The van der Waals surface area contributed by atoms with Gasteiger partial charge in [0.15, 0.2) is 0 Å². The van der Waals surface area contributed by atoms with Crippen LogP contribution in [0.3, 0.4) is 0 Å². The second-order valence-corrected chi connectivity index (χ2v) is 9.62. The normalized spacial score (nSPS) is 29.9. The molecule has 0 unspecified atom stereocenters. The first-order valence-electron chi connectivity index (χ1n) is 12.0. The molecule has 1 atom stereocenters. The maximum Gasteiger partial charge on any atom is 0.240 e. The van der Waals surface area contributed by atoms with Crippen molar-refractivity contribution in [2.45, 2.75) is 89.1 Å². The minimum atomic E-state index is -0.258. The first-order chi connectivity index (χ1) is 14.3. The summed E-state index contributed by atoms with van der Waals surface area (Å²) in [5.74, 6) is 1.41. The molecule has 4 nitrogen and oxygen atoms in total. The lowest BCUT2D eigenvalue weighted by atomic mass is 9.69. The van der Waals surface area contributed by atoms with E-state index in [0.29, 0.717) is 11.9 Å². The molecule has 1 aromatic carbocycles. The fourth-order valence-electron chi connectivity index (χ4n) is 6.35. The molecule has 0 aromatic heterocycles. The van der Waals surface area contributed by atoms with E-state index in [0.717, 1.165) is 37.5 Å². The van der Waals surface area contributed by atoms with E-state index in [9.17, 15) is 4.79 Å². The Morgan fingerprint density at radius 3 is 2.17 bits per heavy atom. The number of para-hydroxylation sites is 1. The molecule has 29 heavy (non-hydrogen) atoms. The lowest BCUT2D eigenvalue weighted by Gasteiger charge is -2.40. The number of amides is 1. The van der Waals surface area contributed by atoms with E-state index in [1.165, 1.54) is 64.2 Å². The van der Waals surface area contributed by atoms with Crippen molar-refractivity contribution in [3.8, 4) is 0 Å². The van der Waals surface area contributed by atoms with Crippen LogP contribution in [0, 0.1) is 5.41 Å². The van der Waals surface area contributed by atoms with Crippen molar-refractivity contribution >= 4 is 17.4 Å². The van der Waals surface area contributed by atoms with E-state index in [-0.39, 0.29) is 11.5 Å². The average Bonchev–Trinajstić information content (AvgIpc) is 3.36. The zero-order chi connectivity index (χ0) is 19.7. The predicted octanol–water partition coefficient (Wildman–Crippen LogP) is 5.18. The van der Waals surface area contributed by atoms with Crippen molar-refractivity contribution in [1.29, 1.82) is 0 Å². The van der Waals surface area contributed by atoms with E-state index in [1.54, 1.807) is 0 Å². The standard InChI is InChI=1S/C25H35N3O/c29-24-25(16-8-3-9-17-25)22(27-18-10-11-19-27)23(26-20-12-4-1-5-13-20)28(24)21-14-6-2-7-15-21/h2,6-7,14-15,20,22H,1,3-5,8-13,16-19H2/t22-/m1/s1. The van der Waals surface area contributed by atoms with Gasteiger partial charge in [-0.15, -0.1) is 0 Å². The lowest BCUT2D eigenvalue weighted by Crippen LogP contribution is -2.50. The number of nitrogens with zero attached hydrogens (tertiary/aromatic N) is 3. The van der Waals surface area contributed by atoms with Gasteiger partial charge in [-0.25, -0.2) is 0 Å². The van der Waals surface area contributed by atoms with Gasteiger partial charge in [-0.2, -0.15) is 0 Å². The Bertz CT molecular complexity index is 741. The minimum absolute atomic E-state index is 0.180. The first-order valence-corrected chi connectivity index (χ1v) is 12.0. The number of hydrogen-bond acceptors (Lipinski definition) is 3. The Balaban J connectivity index is 1.62. The van der Waals surface area contributed by atoms with Crippen LogP contribution in [-0.2, 0) is 4.79 Å². The van der Waals surface area contributed by atoms with Gasteiger partial charge in [-0.05, 0) is 63.7 Å². The topological polar surface area (TPSA) is 35.9 Å². The summed E-state index contributed by atoms with van der Waals surface area (Å²) in [6.45, 7) is 2.23. The number of anilines is 1. The van der Waals surface area contributed by atoms with Gasteiger partial charge in [0.1, 0.15) is 5.84 Å². The van der Waals surface area contributed by atoms with Crippen molar-refractivity contribution in [2.24, 2.45) is 10.4 Å². The minimum Gasteiger partial charge on any atom is -0.293 e. The van der Waals surface area contributed by atoms with Crippen LogP contribution in [0.25, 0.3) is 0 Å². The number of rotatable bonds is 3. The van der Waals surface area contributed by atoms with Crippen LogP contribution < -0.4 is 4.90 Å². The second kappa shape index (κ2) is 8.22. The van der Waals surface area contributed by atoms with Crippen LogP contribution in [0.2, 0.25) is 0 Å². The van der Waals surface area contributed by atoms with Gasteiger partial charge < -0.3 is 0 Å². The summed E-state index contributed by atoms with van der Waals surface area (Å²) < 4.78 is 0. The summed E-state index contributed by atoms with van der Waals surface area (Å²) in [4.78, 5) is 24.2. The highest BCUT2D eigenvalue weighted by molar-refractivity contribution is 6.27. The molecule has 156 valence electrons. The van der Waals surface area contributed by atoms with Crippen molar-refractivity contribution in [2.75, 3.05) is 18.0 Å². The third-order valence-corrected chi connectivity index (χ3v) is 7.78. The van der Waals surface area contributed by atoms with E-state index in [4.69, 9.17) is 4.99 Å². The van der Waals surface area contributed by atoms with E-state index >= 15 is 0 Å². The summed E-state index contributed by atoms with van der Waals surface area (Å²) in [5.41, 5.74) is 0.755. The molecule has 4 fully saturated rings. The molecule has 0 N–H and O–H groups in total. The Morgan fingerprint density at radius 1 is 0.828 bits per heavy atom. The highest BCUT2D eigenvalue weighted by Crippen LogP contribution is 2.50. The summed E-state index contributed by atoms with van der Waals surface area (Å²) in [6, 6.07) is 10.9. The molecular weight excluding hydrogens is 358 g/mol. The molecule has 2 heterocycles. The molecular formula is C25H35N3O. The number of likely N-dealkylation sites (tertiary alicyclic amines) is 1. The third kappa shape index (κ3) is 3.43. The van der Waals surface area contributed by atoms with Gasteiger partial charge in [-0.1, -0.05) is 56.7 Å². The summed E-state index contributed by atoms with van der Waals surface area (Å²) in [6.07, 6.45) is 14.4. The van der Waals surface area contributed by atoms with E-state index in [1.807, 2.05) is 11.0 Å². The van der Waals surface area contributed by atoms with Crippen molar-refractivity contribution in [3.63, 3.8) is 0 Å². The maximum atomic E-state index is 14.1. The molecule has 2 aliphatic carbocycles. The van der Waals surface area contributed by atoms with Crippen molar-refractivity contribution < 1.29 is 4.79 Å². The van der Waals surface area contributed by atoms with Gasteiger partial charge >= 0.3 is 0 Å². The van der Waals surface area contributed by atoms with Crippen molar-refractivity contribution in [1.82, 2.24) is 4.90 Å². The van der Waals surface area contributed by atoms with Crippen LogP contribution >= 0.6 is 0 Å². The van der Waals surface area contributed by atoms with E-state index in [2.05, 4.69) is 29.2 Å². The molecule has 2 aliphatic heterocycles. The summed E-state index contributed by atoms with van der Waals surface area (Å²) in [5, 5.41) is 0. The molecule has 4 aliphatic rings. The fraction of sp³-hybridized carbons (Fsp3) is 0.680. The van der Waals surface area contributed by atoms with Crippen LogP contribution in [0.1, 0.15) is 77.0 Å². The van der Waals surface area contributed by atoms with Gasteiger partial charge in [0.05, 0.1) is 23.2 Å². The maximum absolute atomic E-state index is 14.1. The number of hydrogen-bond donors (Lipinski definition) is 0. The average molecular weight is 394 g/mol. The molecule has 1 spiro atoms. The van der Waals surface area contributed by atoms with E-state index < -0.39 is 0 Å². The first kappa shape index (κ1) is 19.3. The summed E-state index contributed by atoms with van der Waals surface area (Å²) in [7, 11) is 0. The van der Waals surface area contributed by atoms with Gasteiger partial charge in [-0.3, -0.25) is 19.6 Å². The second-order valence-electron chi connectivity index (χ2n) is 9.62. The van der Waals surface area contributed by atoms with Gasteiger partial charge in [0.25, 0.3) is 0 Å². The molecule has 0 radical (unpaired) electrons. The molecule has 0 bridgehead atoms. The SMILES string of the molecule is O=C1N(c2ccccc2)C(=NC2CCCCC2)[C@@H](N2CCCC2)C12CCCCC2. The predicted molar refractivity (Wildman–Crippen MR) is 118 cm³/mol. The zero-order valence-electron chi connectivity index (χ0n) is 17.7. The smallest absolute Gasteiger partial charge is 0.240 e. The molecule has 2 saturated carbocycles. The number of aliphatic imine (C=N–C) groups is 1. The van der Waals surface area contributed by atoms with Gasteiger partial charge in [0, 0.05) is 0 Å². The Hall–Kier alpha value is -1.68. The molecule has 1 aromatic rings. The number of amidine groups is 1. The highest BCUT2D eigenvalue weighted by atomic mass is 16.2. The largest absolute Gasteiger partial charge is 0.293 e. The monoisotopic (exact) mass is 393 g/mol.